The highest BCUT2D eigenvalue weighted by Crippen LogP contribution is 2.29. The molecule has 0 bridgehead atoms. The summed E-state index contributed by atoms with van der Waals surface area (Å²) in [6.07, 6.45) is 5.29. The van der Waals surface area contributed by atoms with Gasteiger partial charge in [-0.05, 0) is 43.9 Å². The van der Waals surface area contributed by atoms with E-state index >= 15 is 0 Å². The first-order valence-electron chi connectivity index (χ1n) is 8.67. The molecule has 1 atom stereocenters. The SMILES string of the molecule is NCC1(NC(=O)c2cccc(NC(=O)C3CCCO3)c2)CCCC1. The van der Waals surface area contributed by atoms with E-state index in [-0.39, 0.29) is 23.5 Å². The summed E-state index contributed by atoms with van der Waals surface area (Å²) in [6, 6.07) is 6.99. The second kappa shape index (κ2) is 7.32. The lowest BCUT2D eigenvalue weighted by molar-refractivity contribution is -0.124. The molecule has 2 fully saturated rings. The molecule has 6 heteroatoms. The maximum absolute atomic E-state index is 12.6. The van der Waals surface area contributed by atoms with Crippen molar-refractivity contribution in [3.8, 4) is 0 Å². The van der Waals surface area contributed by atoms with E-state index in [4.69, 9.17) is 10.5 Å². The van der Waals surface area contributed by atoms with Crippen LogP contribution >= 0.6 is 0 Å². The lowest BCUT2D eigenvalue weighted by Gasteiger charge is -2.28. The first-order chi connectivity index (χ1) is 11.6. The van der Waals surface area contributed by atoms with Crippen molar-refractivity contribution < 1.29 is 14.3 Å². The van der Waals surface area contributed by atoms with Crippen LogP contribution in [0, 0.1) is 0 Å². The maximum Gasteiger partial charge on any atom is 0.253 e. The first-order valence-corrected chi connectivity index (χ1v) is 8.67. The minimum Gasteiger partial charge on any atom is -0.368 e. The van der Waals surface area contributed by atoms with Crippen LogP contribution in [0.2, 0.25) is 0 Å². The quantitative estimate of drug-likeness (QED) is 0.767. The maximum atomic E-state index is 12.6. The molecule has 1 unspecified atom stereocenters. The molecule has 1 aliphatic carbocycles. The Morgan fingerprint density at radius 3 is 2.71 bits per heavy atom. The lowest BCUT2D eigenvalue weighted by atomic mass is 9.97. The van der Waals surface area contributed by atoms with Crippen LogP contribution in [0.4, 0.5) is 5.69 Å². The fourth-order valence-electron chi connectivity index (χ4n) is 3.49. The number of rotatable bonds is 5. The zero-order valence-electron chi connectivity index (χ0n) is 13.8. The third kappa shape index (κ3) is 3.76. The van der Waals surface area contributed by atoms with Crippen molar-refractivity contribution in [2.75, 3.05) is 18.5 Å². The van der Waals surface area contributed by atoms with E-state index in [0.29, 0.717) is 24.4 Å². The van der Waals surface area contributed by atoms with Gasteiger partial charge in [-0.25, -0.2) is 0 Å². The van der Waals surface area contributed by atoms with Crippen molar-refractivity contribution in [3.05, 3.63) is 29.8 Å². The predicted octanol–water partition coefficient (Wildman–Crippen LogP) is 1.81. The van der Waals surface area contributed by atoms with Crippen molar-refractivity contribution in [1.82, 2.24) is 5.32 Å². The number of hydrogen-bond acceptors (Lipinski definition) is 4. The van der Waals surface area contributed by atoms with Crippen LogP contribution in [0.5, 0.6) is 0 Å². The fourth-order valence-corrected chi connectivity index (χ4v) is 3.49. The Labute approximate surface area is 142 Å². The molecule has 1 heterocycles. The van der Waals surface area contributed by atoms with Gasteiger partial charge in [0.2, 0.25) is 0 Å². The van der Waals surface area contributed by atoms with Gasteiger partial charge in [-0.1, -0.05) is 18.9 Å². The Morgan fingerprint density at radius 1 is 1.25 bits per heavy atom. The zero-order chi connectivity index (χ0) is 17.0. The second-order valence-corrected chi connectivity index (χ2v) is 6.72. The van der Waals surface area contributed by atoms with Gasteiger partial charge >= 0.3 is 0 Å². The summed E-state index contributed by atoms with van der Waals surface area (Å²) < 4.78 is 5.38. The van der Waals surface area contributed by atoms with Crippen LogP contribution in [-0.2, 0) is 9.53 Å². The highest BCUT2D eigenvalue weighted by molar-refractivity contribution is 5.98. The molecule has 2 aliphatic rings. The van der Waals surface area contributed by atoms with Crippen LogP contribution in [0.15, 0.2) is 24.3 Å². The minimum absolute atomic E-state index is 0.143. The van der Waals surface area contributed by atoms with Gasteiger partial charge in [0.05, 0.1) is 5.54 Å². The predicted molar refractivity (Wildman–Crippen MR) is 91.8 cm³/mol. The molecule has 1 saturated carbocycles. The van der Waals surface area contributed by atoms with Crippen LogP contribution in [0.1, 0.15) is 48.9 Å². The summed E-state index contributed by atoms with van der Waals surface area (Å²) in [5.74, 6) is -0.296. The number of nitrogens with one attached hydrogen (secondary N) is 2. The van der Waals surface area contributed by atoms with Gasteiger partial charge in [0.25, 0.3) is 11.8 Å². The molecule has 1 aromatic carbocycles. The van der Waals surface area contributed by atoms with Gasteiger partial charge in [0, 0.05) is 24.4 Å². The van der Waals surface area contributed by atoms with Crippen LogP contribution in [0.25, 0.3) is 0 Å². The van der Waals surface area contributed by atoms with E-state index in [0.717, 1.165) is 38.5 Å². The third-order valence-electron chi connectivity index (χ3n) is 4.94. The smallest absolute Gasteiger partial charge is 0.253 e. The van der Waals surface area contributed by atoms with Crippen molar-refractivity contribution in [3.63, 3.8) is 0 Å². The third-order valence-corrected chi connectivity index (χ3v) is 4.94. The van der Waals surface area contributed by atoms with Crippen molar-refractivity contribution in [2.24, 2.45) is 5.73 Å². The zero-order valence-corrected chi connectivity index (χ0v) is 13.8. The largest absolute Gasteiger partial charge is 0.368 e. The van der Waals surface area contributed by atoms with Gasteiger partial charge in [-0.2, -0.15) is 0 Å². The van der Waals surface area contributed by atoms with Gasteiger partial charge in [0.1, 0.15) is 6.10 Å². The van der Waals surface area contributed by atoms with Gasteiger partial charge < -0.3 is 21.1 Å². The molecule has 0 radical (unpaired) electrons. The lowest BCUT2D eigenvalue weighted by Crippen LogP contribution is -2.51. The molecule has 24 heavy (non-hydrogen) atoms. The molecular formula is C18H25N3O3. The van der Waals surface area contributed by atoms with E-state index < -0.39 is 0 Å². The number of carbonyl (C=O) groups is 2. The summed E-state index contributed by atoms with van der Waals surface area (Å²) >= 11 is 0. The number of nitrogens with two attached hydrogens (primary N) is 1. The van der Waals surface area contributed by atoms with Crippen molar-refractivity contribution >= 4 is 17.5 Å². The number of carbonyl (C=O) groups excluding carboxylic acids is 2. The molecule has 0 aromatic heterocycles. The van der Waals surface area contributed by atoms with Gasteiger partial charge in [0.15, 0.2) is 0 Å². The Balaban J connectivity index is 1.65. The summed E-state index contributed by atoms with van der Waals surface area (Å²) in [5, 5.41) is 5.92. The summed E-state index contributed by atoms with van der Waals surface area (Å²) in [7, 11) is 0. The summed E-state index contributed by atoms with van der Waals surface area (Å²) in [5.41, 5.74) is 6.73. The monoisotopic (exact) mass is 331 g/mol. The van der Waals surface area contributed by atoms with E-state index in [1.54, 1.807) is 24.3 Å². The average Bonchev–Trinajstić information content (AvgIpc) is 3.27. The number of benzene rings is 1. The molecule has 1 aromatic rings. The minimum atomic E-state index is -0.388. The second-order valence-electron chi connectivity index (χ2n) is 6.72. The molecule has 4 N–H and O–H groups in total. The number of ether oxygens (including phenoxy) is 1. The molecule has 0 spiro atoms. The number of anilines is 1. The molecule has 2 amide bonds. The highest BCUT2D eigenvalue weighted by Gasteiger charge is 2.34. The summed E-state index contributed by atoms with van der Waals surface area (Å²) in [4.78, 5) is 24.7. The van der Waals surface area contributed by atoms with Crippen molar-refractivity contribution in [1.29, 1.82) is 0 Å². The van der Waals surface area contributed by atoms with Gasteiger partial charge in [-0.15, -0.1) is 0 Å². The topological polar surface area (TPSA) is 93.5 Å². The van der Waals surface area contributed by atoms with Crippen LogP contribution in [-0.4, -0.2) is 36.6 Å². The van der Waals surface area contributed by atoms with Crippen molar-refractivity contribution in [2.45, 2.75) is 50.2 Å². The van der Waals surface area contributed by atoms with E-state index in [1.165, 1.54) is 0 Å². The number of amides is 2. The highest BCUT2D eigenvalue weighted by atomic mass is 16.5. The Hall–Kier alpha value is -1.92. The standard InChI is InChI=1S/C18H25N3O3/c19-12-18(8-1-2-9-18)21-16(22)13-5-3-6-14(11-13)20-17(23)15-7-4-10-24-15/h3,5-6,11,15H,1-2,4,7-10,12,19H2,(H,20,23)(H,21,22). The average molecular weight is 331 g/mol. The summed E-state index contributed by atoms with van der Waals surface area (Å²) in [6.45, 7) is 1.08. The molecule has 1 saturated heterocycles. The first kappa shape index (κ1) is 16.9. The van der Waals surface area contributed by atoms with E-state index in [9.17, 15) is 9.59 Å². The molecule has 130 valence electrons. The van der Waals surface area contributed by atoms with E-state index in [1.807, 2.05) is 0 Å². The fraction of sp³-hybridized carbons (Fsp3) is 0.556. The molecule has 6 nitrogen and oxygen atoms in total. The molecule has 1 aliphatic heterocycles. The Kier molecular flexibility index (Phi) is 5.16. The Bertz CT molecular complexity index is 605. The van der Waals surface area contributed by atoms with Crippen LogP contribution in [0.3, 0.4) is 0 Å². The molecule has 3 rings (SSSR count). The molecular weight excluding hydrogens is 306 g/mol. The van der Waals surface area contributed by atoms with Gasteiger partial charge in [-0.3, -0.25) is 9.59 Å². The van der Waals surface area contributed by atoms with E-state index in [2.05, 4.69) is 10.6 Å². The Morgan fingerprint density at radius 2 is 2.04 bits per heavy atom. The normalized spacial score (nSPS) is 22.3. The number of hydrogen-bond donors (Lipinski definition) is 3. The van der Waals surface area contributed by atoms with Crippen LogP contribution < -0.4 is 16.4 Å².